The highest BCUT2D eigenvalue weighted by atomic mass is 16.5. The van der Waals surface area contributed by atoms with Gasteiger partial charge in [-0.1, -0.05) is 13.8 Å². The standard InChI is InChI=1S/C12H19NO3/c1-9(2)8-13-10(6-7-16-3)4-5-11(13)12(14)15/h4-5,9H,6-8H2,1-3H3,(H,14,15). The van der Waals surface area contributed by atoms with Crippen molar-refractivity contribution in [2.24, 2.45) is 5.92 Å². The van der Waals surface area contributed by atoms with Crippen molar-refractivity contribution in [3.05, 3.63) is 23.5 Å². The van der Waals surface area contributed by atoms with E-state index in [0.29, 0.717) is 18.2 Å². The first-order chi connectivity index (χ1) is 7.56. The molecule has 1 aromatic heterocycles. The molecule has 90 valence electrons. The molecule has 0 fully saturated rings. The molecule has 4 nitrogen and oxygen atoms in total. The molecule has 1 heterocycles. The number of carboxylic acids is 1. The van der Waals surface area contributed by atoms with E-state index in [1.807, 2.05) is 10.6 Å². The fourth-order valence-electron chi connectivity index (χ4n) is 1.70. The molecule has 0 aliphatic rings. The van der Waals surface area contributed by atoms with Crippen LogP contribution in [-0.2, 0) is 17.7 Å². The first kappa shape index (κ1) is 12.8. The van der Waals surface area contributed by atoms with Gasteiger partial charge >= 0.3 is 5.97 Å². The Balaban J connectivity index is 2.94. The van der Waals surface area contributed by atoms with Crippen LogP contribution in [0.2, 0.25) is 0 Å². The van der Waals surface area contributed by atoms with Gasteiger partial charge in [-0.3, -0.25) is 0 Å². The molecule has 0 amide bonds. The summed E-state index contributed by atoms with van der Waals surface area (Å²) in [6.07, 6.45) is 0.747. The number of nitrogens with zero attached hydrogens (tertiary/aromatic N) is 1. The van der Waals surface area contributed by atoms with Gasteiger partial charge in [0.2, 0.25) is 0 Å². The predicted octanol–water partition coefficient (Wildman–Crippen LogP) is 2.03. The number of carbonyl (C=O) groups is 1. The molecule has 1 rings (SSSR count). The third-order valence-electron chi connectivity index (χ3n) is 2.40. The van der Waals surface area contributed by atoms with E-state index in [4.69, 9.17) is 9.84 Å². The van der Waals surface area contributed by atoms with Gasteiger partial charge in [0.1, 0.15) is 5.69 Å². The third kappa shape index (κ3) is 3.10. The molecule has 0 atom stereocenters. The van der Waals surface area contributed by atoms with Gasteiger partial charge in [0.05, 0.1) is 6.61 Å². The number of ether oxygens (including phenoxy) is 1. The lowest BCUT2D eigenvalue weighted by molar-refractivity contribution is 0.0683. The Hall–Kier alpha value is -1.29. The van der Waals surface area contributed by atoms with Crippen LogP contribution in [0.3, 0.4) is 0 Å². The highest BCUT2D eigenvalue weighted by Gasteiger charge is 2.14. The van der Waals surface area contributed by atoms with Gasteiger partial charge in [-0.15, -0.1) is 0 Å². The first-order valence-corrected chi connectivity index (χ1v) is 5.47. The summed E-state index contributed by atoms with van der Waals surface area (Å²) < 4.78 is 6.88. The van der Waals surface area contributed by atoms with Gasteiger partial charge in [0.15, 0.2) is 0 Å². The molecule has 16 heavy (non-hydrogen) atoms. The second kappa shape index (κ2) is 5.70. The van der Waals surface area contributed by atoms with Crippen molar-refractivity contribution in [3.63, 3.8) is 0 Å². The quantitative estimate of drug-likeness (QED) is 0.806. The molecule has 0 aliphatic carbocycles. The van der Waals surface area contributed by atoms with Crippen molar-refractivity contribution in [1.82, 2.24) is 4.57 Å². The summed E-state index contributed by atoms with van der Waals surface area (Å²) >= 11 is 0. The number of aromatic carboxylic acids is 1. The molecular formula is C12H19NO3. The van der Waals surface area contributed by atoms with Crippen LogP contribution >= 0.6 is 0 Å². The number of rotatable bonds is 6. The van der Waals surface area contributed by atoms with Crippen LogP contribution in [0.4, 0.5) is 0 Å². The number of hydrogen-bond donors (Lipinski definition) is 1. The average Bonchev–Trinajstić information content (AvgIpc) is 2.57. The summed E-state index contributed by atoms with van der Waals surface area (Å²) in [5.74, 6) is -0.448. The zero-order valence-corrected chi connectivity index (χ0v) is 10.1. The van der Waals surface area contributed by atoms with E-state index < -0.39 is 5.97 Å². The van der Waals surface area contributed by atoms with Crippen molar-refractivity contribution in [2.75, 3.05) is 13.7 Å². The fraction of sp³-hybridized carbons (Fsp3) is 0.583. The van der Waals surface area contributed by atoms with E-state index in [9.17, 15) is 4.79 Å². The van der Waals surface area contributed by atoms with E-state index in [-0.39, 0.29) is 0 Å². The molecule has 0 aliphatic heterocycles. The average molecular weight is 225 g/mol. The molecule has 1 N–H and O–H groups in total. The van der Waals surface area contributed by atoms with Crippen LogP contribution in [0.15, 0.2) is 12.1 Å². The maximum atomic E-state index is 11.0. The molecule has 0 saturated carbocycles. The molecule has 0 aromatic carbocycles. The number of hydrogen-bond acceptors (Lipinski definition) is 2. The molecular weight excluding hydrogens is 206 g/mol. The second-order valence-electron chi connectivity index (χ2n) is 4.26. The summed E-state index contributed by atoms with van der Waals surface area (Å²) in [7, 11) is 1.65. The van der Waals surface area contributed by atoms with Crippen LogP contribution in [0.1, 0.15) is 30.0 Å². The van der Waals surface area contributed by atoms with Gasteiger partial charge in [-0.2, -0.15) is 0 Å². The van der Waals surface area contributed by atoms with Crippen molar-refractivity contribution in [2.45, 2.75) is 26.8 Å². The van der Waals surface area contributed by atoms with Gasteiger partial charge in [0.25, 0.3) is 0 Å². The van der Waals surface area contributed by atoms with Gasteiger partial charge in [-0.05, 0) is 18.1 Å². The number of carboxylic acid groups (broad SMARTS) is 1. The molecule has 0 bridgehead atoms. The molecule has 0 unspecified atom stereocenters. The Morgan fingerprint density at radius 2 is 2.19 bits per heavy atom. The maximum Gasteiger partial charge on any atom is 0.352 e. The summed E-state index contributed by atoms with van der Waals surface area (Å²) in [5.41, 5.74) is 1.38. The van der Waals surface area contributed by atoms with Crippen molar-refractivity contribution in [1.29, 1.82) is 0 Å². The van der Waals surface area contributed by atoms with E-state index >= 15 is 0 Å². The molecule has 0 spiro atoms. The van der Waals surface area contributed by atoms with E-state index in [1.165, 1.54) is 0 Å². The zero-order chi connectivity index (χ0) is 12.1. The summed E-state index contributed by atoms with van der Waals surface area (Å²) in [5, 5.41) is 9.07. The smallest absolute Gasteiger partial charge is 0.352 e. The Kier molecular flexibility index (Phi) is 4.55. The molecule has 0 saturated heterocycles. The van der Waals surface area contributed by atoms with Crippen LogP contribution in [0.5, 0.6) is 0 Å². The summed E-state index contributed by atoms with van der Waals surface area (Å²) in [6, 6.07) is 3.53. The minimum absolute atomic E-state index is 0.361. The lowest BCUT2D eigenvalue weighted by Gasteiger charge is -2.13. The van der Waals surface area contributed by atoms with Crippen LogP contribution in [-0.4, -0.2) is 29.4 Å². The SMILES string of the molecule is COCCc1ccc(C(=O)O)n1CC(C)C. The summed E-state index contributed by atoms with van der Waals surface area (Å²) in [4.78, 5) is 11.0. The van der Waals surface area contributed by atoms with Crippen LogP contribution in [0.25, 0.3) is 0 Å². The predicted molar refractivity (Wildman–Crippen MR) is 61.8 cm³/mol. The molecule has 0 radical (unpaired) electrons. The van der Waals surface area contributed by atoms with Crippen LogP contribution in [0, 0.1) is 5.92 Å². The third-order valence-corrected chi connectivity index (χ3v) is 2.40. The topological polar surface area (TPSA) is 51.5 Å². The number of methoxy groups -OCH3 is 1. The van der Waals surface area contributed by atoms with Crippen LogP contribution < -0.4 is 0 Å². The largest absolute Gasteiger partial charge is 0.477 e. The maximum absolute atomic E-state index is 11.0. The fourth-order valence-corrected chi connectivity index (χ4v) is 1.70. The molecule has 4 heteroatoms. The Bertz CT molecular complexity index is 355. The Morgan fingerprint density at radius 1 is 1.50 bits per heavy atom. The van der Waals surface area contributed by atoms with Crippen molar-refractivity contribution in [3.8, 4) is 0 Å². The Labute approximate surface area is 95.8 Å². The highest BCUT2D eigenvalue weighted by Crippen LogP contribution is 2.13. The van der Waals surface area contributed by atoms with Gasteiger partial charge in [0, 0.05) is 25.8 Å². The normalized spacial score (nSPS) is 11.0. The Morgan fingerprint density at radius 3 is 2.69 bits per heavy atom. The molecule has 1 aromatic rings. The van der Waals surface area contributed by atoms with Crippen molar-refractivity contribution >= 4 is 5.97 Å². The zero-order valence-electron chi connectivity index (χ0n) is 10.1. The lowest BCUT2D eigenvalue weighted by Crippen LogP contribution is -2.15. The minimum Gasteiger partial charge on any atom is -0.477 e. The highest BCUT2D eigenvalue weighted by molar-refractivity contribution is 5.86. The van der Waals surface area contributed by atoms with E-state index in [1.54, 1.807) is 13.2 Å². The van der Waals surface area contributed by atoms with E-state index in [0.717, 1.165) is 18.7 Å². The monoisotopic (exact) mass is 225 g/mol. The van der Waals surface area contributed by atoms with Gasteiger partial charge in [-0.25, -0.2) is 4.79 Å². The lowest BCUT2D eigenvalue weighted by atomic mass is 10.2. The minimum atomic E-state index is -0.871. The van der Waals surface area contributed by atoms with Gasteiger partial charge < -0.3 is 14.4 Å². The summed E-state index contributed by atoms with van der Waals surface area (Å²) in [6.45, 7) is 5.49. The van der Waals surface area contributed by atoms with Crippen molar-refractivity contribution < 1.29 is 14.6 Å². The first-order valence-electron chi connectivity index (χ1n) is 5.47. The number of aromatic nitrogens is 1. The second-order valence-corrected chi connectivity index (χ2v) is 4.26. The van der Waals surface area contributed by atoms with E-state index in [2.05, 4.69) is 13.8 Å².